The summed E-state index contributed by atoms with van der Waals surface area (Å²) in [5.41, 5.74) is 0.0267. The lowest BCUT2D eigenvalue weighted by atomic mass is 9.87. The van der Waals surface area contributed by atoms with Crippen molar-refractivity contribution in [3.63, 3.8) is 0 Å². The number of carbonyl (C=O) groups excluding carboxylic acids is 2. The molecular weight excluding hydrogens is 429 g/mol. The fourth-order valence-corrected chi connectivity index (χ4v) is 4.21. The summed E-state index contributed by atoms with van der Waals surface area (Å²) in [6.07, 6.45) is -2.34. The van der Waals surface area contributed by atoms with Crippen molar-refractivity contribution in [2.24, 2.45) is 11.8 Å². The average molecular weight is 451 g/mol. The molecule has 164 valence electrons. The van der Waals surface area contributed by atoms with E-state index in [9.17, 15) is 22.8 Å². The summed E-state index contributed by atoms with van der Waals surface area (Å²) in [4.78, 5) is 27.4. The van der Waals surface area contributed by atoms with Crippen LogP contribution in [0, 0.1) is 11.8 Å². The van der Waals surface area contributed by atoms with Crippen LogP contribution >= 0.6 is 11.6 Å². The van der Waals surface area contributed by atoms with E-state index >= 15 is 0 Å². The molecule has 1 heterocycles. The quantitative estimate of drug-likeness (QED) is 0.715. The molecule has 0 aromatic heterocycles. The van der Waals surface area contributed by atoms with Gasteiger partial charge >= 0.3 is 6.18 Å². The zero-order valence-corrected chi connectivity index (χ0v) is 17.4. The molecule has 2 aliphatic rings. The molecule has 2 fully saturated rings. The first-order chi connectivity index (χ1) is 14.7. The van der Waals surface area contributed by atoms with Crippen LogP contribution in [-0.2, 0) is 11.0 Å². The van der Waals surface area contributed by atoms with Gasteiger partial charge in [-0.15, -0.1) is 0 Å². The summed E-state index contributed by atoms with van der Waals surface area (Å²) in [5, 5.41) is 3.33. The number of amides is 2. The second kappa shape index (κ2) is 8.54. The minimum Gasteiger partial charge on any atom is -0.356 e. The van der Waals surface area contributed by atoms with Crippen LogP contribution in [0.1, 0.15) is 40.2 Å². The fraction of sp³-hybridized carbons (Fsp3) is 0.391. The number of benzene rings is 2. The molecule has 1 saturated carbocycles. The highest BCUT2D eigenvalue weighted by molar-refractivity contribution is 6.30. The number of alkyl halides is 3. The lowest BCUT2D eigenvalue weighted by Crippen LogP contribution is -2.36. The van der Waals surface area contributed by atoms with Crippen LogP contribution in [0.15, 0.2) is 48.5 Å². The van der Waals surface area contributed by atoms with Gasteiger partial charge in [-0.2, -0.15) is 13.2 Å². The van der Waals surface area contributed by atoms with E-state index in [1.165, 1.54) is 11.0 Å². The summed E-state index contributed by atoms with van der Waals surface area (Å²) in [6, 6.07) is 11.5. The van der Waals surface area contributed by atoms with Gasteiger partial charge in [0.25, 0.3) is 5.91 Å². The summed E-state index contributed by atoms with van der Waals surface area (Å²) in [6.45, 7) is 0.865. The van der Waals surface area contributed by atoms with Gasteiger partial charge in [-0.3, -0.25) is 9.59 Å². The van der Waals surface area contributed by atoms with Crippen molar-refractivity contribution >= 4 is 23.4 Å². The first-order valence-corrected chi connectivity index (χ1v) is 10.6. The van der Waals surface area contributed by atoms with E-state index in [2.05, 4.69) is 5.32 Å². The van der Waals surface area contributed by atoms with Crippen LogP contribution < -0.4 is 5.32 Å². The zero-order chi connectivity index (χ0) is 22.2. The molecular formula is C23H22ClF3N2O2. The normalized spacial score (nSPS) is 21.2. The van der Waals surface area contributed by atoms with E-state index in [-0.39, 0.29) is 24.9 Å². The van der Waals surface area contributed by atoms with Crippen molar-refractivity contribution in [2.75, 3.05) is 19.6 Å². The minimum absolute atomic E-state index is 0.142. The second-order valence-corrected chi connectivity index (χ2v) is 8.68. The van der Waals surface area contributed by atoms with Gasteiger partial charge in [0.1, 0.15) is 0 Å². The zero-order valence-electron chi connectivity index (χ0n) is 16.7. The Morgan fingerprint density at radius 1 is 1.06 bits per heavy atom. The van der Waals surface area contributed by atoms with Crippen LogP contribution in [0.3, 0.4) is 0 Å². The number of halogens is 4. The summed E-state index contributed by atoms with van der Waals surface area (Å²) in [5.74, 6) is -1.19. The molecule has 0 unspecified atom stereocenters. The number of nitrogens with one attached hydrogen (secondary N) is 1. The van der Waals surface area contributed by atoms with Crippen molar-refractivity contribution in [3.05, 3.63) is 70.2 Å². The molecule has 4 nitrogen and oxygen atoms in total. The fourth-order valence-electron chi connectivity index (χ4n) is 4.02. The maximum atomic E-state index is 13.2. The van der Waals surface area contributed by atoms with E-state index in [0.29, 0.717) is 28.6 Å². The monoisotopic (exact) mass is 450 g/mol. The van der Waals surface area contributed by atoms with Gasteiger partial charge in [-0.05, 0) is 48.6 Å². The number of nitrogens with zero attached hydrogens (tertiary/aromatic N) is 1. The van der Waals surface area contributed by atoms with Crippen molar-refractivity contribution in [1.82, 2.24) is 10.2 Å². The molecule has 2 amide bonds. The third-order valence-electron chi connectivity index (χ3n) is 5.92. The lowest BCUT2D eigenvalue weighted by Gasteiger charge is -2.19. The molecule has 0 spiro atoms. The van der Waals surface area contributed by atoms with Gasteiger partial charge in [-0.25, -0.2) is 0 Å². The van der Waals surface area contributed by atoms with Gasteiger partial charge in [0.05, 0.1) is 11.5 Å². The Bertz CT molecular complexity index is 991. The summed E-state index contributed by atoms with van der Waals surface area (Å²) in [7, 11) is 0. The number of likely N-dealkylation sites (tertiary alicyclic amines) is 1. The van der Waals surface area contributed by atoms with Crippen molar-refractivity contribution in [3.8, 4) is 0 Å². The first kappa shape index (κ1) is 21.7. The Hall–Kier alpha value is -2.54. The van der Waals surface area contributed by atoms with Crippen molar-refractivity contribution < 1.29 is 22.8 Å². The summed E-state index contributed by atoms with van der Waals surface area (Å²) < 4.78 is 39.7. The molecule has 8 heteroatoms. The molecule has 2 atom stereocenters. The molecule has 2 aromatic rings. The Morgan fingerprint density at radius 3 is 2.48 bits per heavy atom. The van der Waals surface area contributed by atoms with Gasteiger partial charge in [0.2, 0.25) is 5.91 Å². The smallest absolute Gasteiger partial charge is 0.356 e. The number of hydrogen-bond donors (Lipinski definition) is 1. The lowest BCUT2D eigenvalue weighted by molar-refractivity contribution is -0.137. The second-order valence-electron chi connectivity index (χ2n) is 8.25. The third-order valence-corrected chi connectivity index (χ3v) is 6.15. The Morgan fingerprint density at radius 2 is 1.81 bits per heavy atom. The topological polar surface area (TPSA) is 49.4 Å². The van der Waals surface area contributed by atoms with Gasteiger partial charge < -0.3 is 10.2 Å². The highest BCUT2D eigenvalue weighted by atomic mass is 35.5. The molecule has 1 saturated heterocycles. The third kappa shape index (κ3) is 5.03. The molecule has 1 aliphatic heterocycles. The molecule has 0 bridgehead atoms. The largest absolute Gasteiger partial charge is 0.416 e. The van der Waals surface area contributed by atoms with Gasteiger partial charge in [0, 0.05) is 36.1 Å². The van der Waals surface area contributed by atoms with Crippen molar-refractivity contribution in [1.29, 1.82) is 0 Å². The minimum atomic E-state index is -4.48. The highest BCUT2D eigenvalue weighted by Crippen LogP contribution is 2.37. The first-order valence-electron chi connectivity index (χ1n) is 10.2. The van der Waals surface area contributed by atoms with Crippen LogP contribution in [0.4, 0.5) is 13.2 Å². The number of carbonyl (C=O) groups is 2. The molecule has 31 heavy (non-hydrogen) atoms. The molecule has 0 radical (unpaired) electrons. The summed E-state index contributed by atoms with van der Waals surface area (Å²) >= 11 is 5.99. The molecule has 4 rings (SSSR count). The van der Waals surface area contributed by atoms with E-state index in [1.54, 1.807) is 30.3 Å². The Labute approximate surface area is 183 Å². The maximum Gasteiger partial charge on any atom is 0.416 e. The van der Waals surface area contributed by atoms with E-state index in [4.69, 9.17) is 11.6 Å². The van der Waals surface area contributed by atoms with Gasteiger partial charge in [0.15, 0.2) is 0 Å². The predicted molar refractivity (Wildman–Crippen MR) is 111 cm³/mol. The SMILES string of the molecule is O=C(NCC1CC1)[C@@H]1CN(C(=O)c2cccc(Cl)c2)C[C@@H]1c1cccc(C(F)(F)F)c1. The highest BCUT2D eigenvalue weighted by Gasteiger charge is 2.42. The molecule has 2 aromatic carbocycles. The standard InChI is InChI=1S/C23H22ClF3N2O2/c24-18-6-2-4-16(10-18)22(31)29-12-19(15-3-1-5-17(9-15)23(25,26)27)20(13-29)21(30)28-11-14-7-8-14/h1-6,9-10,14,19-20H,7-8,11-13H2,(H,28,30)/t19-,20-/m1/s1. The van der Waals surface area contributed by atoms with Crippen LogP contribution in [0.5, 0.6) is 0 Å². The Balaban J connectivity index is 1.60. The number of hydrogen-bond acceptors (Lipinski definition) is 2. The van der Waals surface area contributed by atoms with E-state index < -0.39 is 23.6 Å². The van der Waals surface area contributed by atoms with Crippen LogP contribution in [-0.4, -0.2) is 36.3 Å². The molecule has 1 N–H and O–H groups in total. The van der Waals surface area contributed by atoms with E-state index in [1.807, 2.05) is 0 Å². The Kier molecular flexibility index (Phi) is 5.97. The van der Waals surface area contributed by atoms with E-state index in [0.717, 1.165) is 25.0 Å². The van der Waals surface area contributed by atoms with Crippen LogP contribution in [0.25, 0.3) is 0 Å². The van der Waals surface area contributed by atoms with Gasteiger partial charge in [-0.1, -0.05) is 35.9 Å². The average Bonchev–Trinajstić information content (AvgIpc) is 3.46. The maximum absolute atomic E-state index is 13.2. The molecule has 1 aliphatic carbocycles. The number of rotatable bonds is 5. The van der Waals surface area contributed by atoms with Crippen LogP contribution in [0.2, 0.25) is 5.02 Å². The van der Waals surface area contributed by atoms with Crippen molar-refractivity contribution in [2.45, 2.75) is 24.9 Å². The predicted octanol–water partition coefficient (Wildman–Crippen LogP) is 4.74.